The zero-order valence-corrected chi connectivity index (χ0v) is 15.1. The summed E-state index contributed by atoms with van der Waals surface area (Å²) >= 11 is 0. The van der Waals surface area contributed by atoms with E-state index in [1.165, 1.54) is 33.6 Å². The molecule has 0 amide bonds. The zero-order chi connectivity index (χ0) is 17.0. The molecule has 0 fully saturated rings. The maximum atomic E-state index is 3.61. The molecule has 0 aliphatic heterocycles. The van der Waals surface area contributed by atoms with E-state index in [-0.39, 0.29) is 6.04 Å². The fourth-order valence-electron chi connectivity index (χ4n) is 2.94. The second kappa shape index (κ2) is 7.36. The van der Waals surface area contributed by atoms with Crippen molar-refractivity contribution in [3.63, 3.8) is 0 Å². The first-order valence-electron chi connectivity index (χ1n) is 8.23. The highest BCUT2D eigenvalue weighted by atomic mass is 14.9. The first kappa shape index (κ1) is 17.1. The van der Waals surface area contributed by atoms with Crippen LogP contribution in [0.25, 0.3) is 0 Å². The summed E-state index contributed by atoms with van der Waals surface area (Å²) in [5.74, 6) is 0. The van der Waals surface area contributed by atoms with E-state index in [2.05, 4.69) is 94.7 Å². The van der Waals surface area contributed by atoms with Crippen molar-refractivity contribution in [2.45, 2.75) is 47.6 Å². The molecule has 0 heterocycles. The lowest BCUT2D eigenvalue weighted by Crippen LogP contribution is -2.15. The van der Waals surface area contributed by atoms with Crippen LogP contribution in [0.4, 0.5) is 11.4 Å². The van der Waals surface area contributed by atoms with Crippen molar-refractivity contribution in [3.05, 3.63) is 70.4 Å². The number of anilines is 2. The van der Waals surface area contributed by atoms with E-state index >= 15 is 0 Å². The first-order valence-corrected chi connectivity index (χ1v) is 8.23. The van der Waals surface area contributed by atoms with Crippen LogP contribution >= 0.6 is 0 Å². The topological polar surface area (TPSA) is 24.1 Å². The van der Waals surface area contributed by atoms with Gasteiger partial charge in [0.05, 0.1) is 0 Å². The molecule has 122 valence electrons. The minimum absolute atomic E-state index is 0.256. The minimum atomic E-state index is 0.256. The van der Waals surface area contributed by atoms with Crippen LogP contribution in [0, 0.1) is 27.7 Å². The summed E-state index contributed by atoms with van der Waals surface area (Å²) < 4.78 is 0. The molecule has 2 N–H and O–H groups in total. The third-order valence-electron chi connectivity index (χ3n) is 4.16. The summed E-state index contributed by atoms with van der Waals surface area (Å²) in [6.45, 7) is 12.9. The Bertz CT molecular complexity index is 673. The van der Waals surface area contributed by atoms with E-state index in [4.69, 9.17) is 0 Å². The second-order valence-electron chi connectivity index (χ2n) is 6.44. The van der Waals surface area contributed by atoms with E-state index < -0.39 is 0 Å². The normalized spacial score (nSPS) is 12.9. The third kappa shape index (κ3) is 4.38. The molecule has 0 radical (unpaired) electrons. The lowest BCUT2D eigenvalue weighted by Gasteiger charge is -2.18. The molecule has 0 aromatic heterocycles. The van der Waals surface area contributed by atoms with Gasteiger partial charge >= 0.3 is 0 Å². The van der Waals surface area contributed by atoms with Gasteiger partial charge in [0.1, 0.15) is 0 Å². The molecule has 0 bridgehead atoms. The van der Waals surface area contributed by atoms with Gasteiger partial charge in [0.15, 0.2) is 0 Å². The Morgan fingerprint density at radius 1 is 0.826 bits per heavy atom. The summed E-state index contributed by atoms with van der Waals surface area (Å²) in [4.78, 5) is 0. The number of nitrogens with one attached hydrogen (secondary N) is 2. The number of rotatable bonds is 5. The van der Waals surface area contributed by atoms with E-state index in [0.717, 1.165) is 5.70 Å². The Hall–Kier alpha value is -2.22. The van der Waals surface area contributed by atoms with Gasteiger partial charge < -0.3 is 10.6 Å². The fourth-order valence-corrected chi connectivity index (χ4v) is 2.94. The molecule has 2 aromatic rings. The standard InChI is InChI=1S/C21H28N2/c1-14-9-7-10-15(2)20(14)22-18(5)13-19(6)23-21-16(3)11-8-12-17(21)4/h7-13,18,22-23H,1-6H3. The van der Waals surface area contributed by atoms with Crippen molar-refractivity contribution >= 4 is 11.4 Å². The van der Waals surface area contributed by atoms with Gasteiger partial charge in [-0.1, -0.05) is 36.4 Å². The van der Waals surface area contributed by atoms with E-state index in [9.17, 15) is 0 Å². The van der Waals surface area contributed by atoms with Crippen LogP contribution in [-0.4, -0.2) is 6.04 Å². The van der Waals surface area contributed by atoms with Gasteiger partial charge in [-0.15, -0.1) is 0 Å². The quantitative estimate of drug-likeness (QED) is 0.736. The number of hydrogen-bond donors (Lipinski definition) is 2. The van der Waals surface area contributed by atoms with Crippen molar-refractivity contribution in [1.82, 2.24) is 0 Å². The third-order valence-corrected chi connectivity index (χ3v) is 4.16. The highest BCUT2D eigenvalue weighted by Crippen LogP contribution is 2.23. The predicted molar refractivity (Wildman–Crippen MR) is 102 cm³/mol. The van der Waals surface area contributed by atoms with E-state index in [1.807, 2.05) is 0 Å². The lowest BCUT2D eigenvalue weighted by molar-refractivity contribution is 0.975. The Morgan fingerprint density at radius 2 is 1.26 bits per heavy atom. The van der Waals surface area contributed by atoms with Gasteiger partial charge in [0.25, 0.3) is 0 Å². The lowest BCUT2D eigenvalue weighted by atomic mass is 10.1. The molecule has 0 aliphatic carbocycles. The van der Waals surface area contributed by atoms with Crippen LogP contribution in [0.1, 0.15) is 36.1 Å². The van der Waals surface area contributed by atoms with Crippen molar-refractivity contribution in [2.75, 3.05) is 10.6 Å². The van der Waals surface area contributed by atoms with Crippen molar-refractivity contribution in [1.29, 1.82) is 0 Å². The molecule has 2 rings (SSSR count). The predicted octanol–water partition coefficient (Wildman–Crippen LogP) is 5.74. The van der Waals surface area contributed by atoms with Crippen molar-refractivity contribution < 1.29 is 0 Å². The van der Waals surface area contributed by atoms with Gasteiger partial charge in [-0.3, -0.25) is 0 Å². The maximum absolute atomic E-state index is 3.61. The molecule has 1 unspecified atom stereocenters. The maximum Gasteiger partial charge on any atom is 0.0441 e. The van der Waals surface area contributed by atoms with Crippen molar-refractivity contribution in [3.8, 4) is 0 Å². The monoisotopic (exact) mass is 308 g/mol. The Labute approximate surface area is 140 Å². The van der Waals surface area contributed by atoms with Crippen LogP contribution in [0.15, 0.2) is 48.2 Å². The average molecular weight is 308 g/mol. The Kier molecular flexibility index (Phi) is 5.49. The van der Waals surface area contributed by atoms with Crippen LogP contribution in [0.3, 0.4) is 0 Å². The SMILES string of the molecule is CC(=CC(C)Nc1c(C)cccc1C)Nc1c(C)cccc1C. The minimum Gasteiger partial charge on any atom is -0.379 e. The number of hydrogen-bond acceptors (Lipinski definition) is 2. The van der Waals surface area contributed by atoms with E-state index in [1.54, 1.807) is 0 Å². The summed E-state index contributed by atoms with van der Waals surface area (Å²) in [7, 11) is 0. The number of aryl methyl sites for hydroxylation is 4. The molecular formula is C21H28N2. The highest BCUT2D eigenvalue weighted by molar-refractivity contribution is 5.60. The summed E-state index contributed by atoms with van der Waals surface area (Å²) in [5, 5.41) is 7.15. The molecule has 1 atom stereocenters. The molecule has 0 saturated heterocycles. The Morgan fingerprint density at radius 3 is 1.74 bits per heavy atom. The average Bonchev–Trinajstić information content (AvgIpc) is 2.47. The molecule has 0 spiro atoms. The molecule has 0 aliphatic rings. The largest absolute Gasteiger partial charge is 0.379 e. The number of allylic oxidation sites excluding steroid dienone is 1. The fraction of sp³-hybridized carbons (Fsp3) is 0.333. The highest BCUT2D eigenvalue weighted by Gasteiger charge is 2.06. The second-order valence-corrected chi connectivity index (χ2v) is 6.44. The number of benzene rings is 2. The van der Waals surface area contributed by atoms with Gasteiger partial charge in [0, 0.05) is 23.1 Å². The molecule has 2 nitrogen and oxygen atoms in total. The zero-order valence-electron chi connectivity index (χ0n) is 15.1. The summed E-state index contributed by atoms with van der Waals surface area (Å²) in [5.41, 5.74) is 8.71. The van der Waals surface area contributed by atoms with Gasteiger partial charge in [-0.05, 0) is 69.9 Å². The summed E-state index contributed by atoms with van der Waals surface area (Å²) in [6, 6.07) is 13.0. The molecule has 2 aromatic carbocycles. The van der Waals surface area contributed by atoms with Crippen LogP contribution in [0.2, 0.25) is 0 Å². The van der Waals surface area contributed by atoms with Gasteiger partial charge in [-0.25, -0.2) is 0 Å². The number of para-hydroxylation sites is 2. The van der Waals surface area contributed by atoms with Gasteiger partial charge in [-0.2, -0.15) is 0 Å². The van der Waals surface area contributed by atoms with Crippen LogP contribution < -0.4 is 10.6 Å². The van der Waals surface area contributed by atoms with Gasteiger partial charge in [0.2, 0.25) is 0 Å². The van der Waals surface area contributed by atoms with Crippen LogP contribution in [0.5, 0.6) is 0 Å². The Balaban J connectivity index is 2.11. The molecule has 0 saturated carbocycles. The van der Waals surface area contributed by atoms with Crippen LogP contribution in [-0.2, 0) is 0 Å². The molecule has 2 heteroatoms. The summed E-state index contributed by atoms with van der Waals surface area (Å²) in [6.07, 6.45) is 2.23. The van der Waals surface area contributed by atoms with Crippen molar-refractivity contribution in [2.24, 2.45) is 0 Å². The molecular weight excluding hydrogens is 280 g/mol. The first-order chi connectivity index (χ1) is 10.9. The van der Waals surface area contributed by atoms with E-state index in [0.29, 0.717) is 0 Å². The smallest absolute Gasteiger partial charge is 0.0441 e. The molecule has 23 heavy (non-hydrogen) atoms.